The van der Waals surface area contributed by atoms with Crippen LogP contribution in [-0.4, -0.2) is 11.6 Å². The lowest BCUT2D eigenvalue weighted by atomic mass is 10.0. The second kappa shape index (κ2) is 5.39. The second-order valence-electron chi connectivity index (χ2n) is 4.36. The number of nitrogens with one attached hydrogen (secondary N) is 1. The van der Waals surface area contributed by atoms with E-state index in [1.54, 1.807) is 6.20 Å². The Labute approximate surface area is 125 Å². The van der Waals surface area contributed by atoms with E-state index in [9.17, 15) is 0 Å². The molecule has 1 unspecified atom stereocenters. The van der Waals surface area contributed by atoms with Gasteiger partial charge in [-0.1, -0.05) is 29.8 Å². The number of para-hydroxylation sites is 1. The van der Waals surface area contributed by atoms with Crippen LogP contribution >= 0.6 is 27.5 Å². The van der Waals surface area contributed by atoms with E-state index in [0.717, 1.165) is 27.9 Å². The van der Waals surface area contributed by atoms with Crippen molar-refractivity contribution in [2.24, 2.45) is 0 Å². The van der Waals surface area contributed by atoms with Gasteiger partial charge in [0.25, 0.3) is 0 Å². The number of fused-ring (bicyclic) bond motifs is 1. The average Bonchev–Trinajstić information content (AvgIpc) is 2.43. The number of anilines is 1. The fourth-order valence-electron chi connectivity index (χ4n) is 2.20. The molecule has 3 rings (SSSR count). The third kappa shape index (κ3) is 2.69. The molecule has 0 radical (unpaired) electrons. The molecule has 0 saturated heterocycles. The Morgan fingerprint density at radius 1 is 1.37 bits per heavy atom. The molecule has 0 bridgehead atoms. The Hall–Kier alpha value is -1.26. The molecule has 0 saturated carbocycles. The maximum absolute atomic E-state index is 6.12. The molecule has 2 heterocycles. The van der Waals surface area contributed by atoms with E-state index in [4.69, 9.17) is 16.3 Å². The highest BCUT2D eigenvalue weighted by Gasteiger charge is 2.21. The van der Waals surface area contributed by atoms with Crippen molar-refractivity contribution in [3.05, 3.63) is 51.7 Å². The summed E-state index contributed by atoms with van der Waals surface area (Å²) >= 11 is 9.52. The smallest absolute Gasteiger partial charge is 0.152 e. The molecule has 1 N–H and O–H groups in total. The quantitative estimate of drug-likeness (QED) is 0.822. The number of hydrogen-bond donors (Lipinski definition) is 1. The Morgan fingerprint density at radius 3 is 3.11 bits per heavy atom. The van der Waals surface area contributed by atoms with Crippen LogP contribution in [0.1, 0.15) is 18.0 Å². The minimum absolute atomic E-state index is 0.193. The molecule has 0 amide bonds. The van der Waals surface area contributed by atoms with Crippen LogP contribution in [0.2, 0.25) is 5.15 Å². The summed E-state index contributed by atoms with van der Waals surface area (Å²) in [6.07, 6.45) is 2.59. The van der Waals surface area contributed by atoms with Crippen LogP contribution < -0.4 is 10.1 Å². The molecule has 3 nitrogen and oxygen atoms in total. The van der Waals surface area contributed by atoms with Crippen molar-refractivity contribution in [2.75, 3.05) is 11.9 Å². The standard InChI is InChI=1S/C14H12BrClN2O/c15-9-7-12(14(16)17-8-9)18-11-5-6-19-13-4-2-1-3-10(11)13/h1-4,7-8,11,18H,5-6H2. The maximum atomic E-state index is 6.12. The molecule has 1 aliphatic rings. The average molecular weight is 340 g/mol. The van der Waals surface area contributed by atoms with Crippen molar-refractivity contribution in [2.45, 2.75) is 12.5 Å². The summed E-state index contributed by atoms with van der Waals surface area (Å²) in [5.74, 6) is 0.935. The van der Waals surface area contributed by atoms with Crippen LogP contribution in [0.4, 0.5) is 5.69 Å². The van der Waals surface area contributed by atoms with Gasteiger partial charge >= 0.3 is 0 Å². The molecule has 2 aromatic rings. The highest BCUT2D eigenvalue weighted by Crippen LogP contribution is 2.35. The Morgan fingerprint density at radius 2 is 2.21 bits per heavy atom. The number of halogens is 2. The Balaban J connectivity index is 1.90. The van der Waals surface area contributed by atoms with Crippen LogP contribution in [0.5, 0.6) is 5.75 Å². The lowest BCUT2D eigenvalue weighted by Gasteiger charge is -2.27. The lowest BCUT2D eigenvalue weighted by Crippen LogP contribution is -2.20. The summed E-state index contributed by atoms with van der Waals surface area (Å²) in [5.41, 5.74) is 1.99. The van der Waals surface area contributed by atoms with Gasteiger partial charge in [0.05, 0.1) is 18.3 Å². The van der Waals surface area contributed by atoms with E-state index >= 15 is 0 Å². The van der Waals surface area contributed by atoms with Gasteiger partial charge in [-0.05, 0) is 28.1 Å². The van der Waals surface area contributed by atoms with E-state index < -0.39 is 0 Å². The molecule has 98 valence electrons. The summed E-state index contributed by atoms with van der Waals surface area (Å²) in [6, 6.07) is 10.2. The number of pyridine rings is 1. The monoisotopic (exact) mass is 338 g/mol. The third-order valence-electron chi connectivity index (χ3n) is 3.09. The molecule has 1 atom stereocenters. The number of ether oxygens (including phenoxy) is 1. The zero-order valence-electron chi connectivity index (χ0n) is 10.1. The first-order valence-electron chi connectivity index (χ1n) is 6.03. The summed E-state index contributed by atoms with van der Waals surface area (Å²) < 4.78 is 6.55. The molecule has 1 aliphatic heterocycles. The van der Waals surface area contributed by atoms with Crippen LogP contribution in [0.15, 0.2) is 41.0 Å². The van der Waals surface area contributed by atoms with E-state index in [-0.39, 0.29) is 6.04 Å². The fraction of sp³-hybridized carbons (Fsp3) is 0.214. The van der Waals surface area contributed by atoms with Gasteiger partial charge in [-0.2, -0.15) is 0 Å². The largest absolute Gasteiger partial charge is 0.493 e. The van der Waals surface area contributed by atoms with Gasteiger partial charge in [0, 0.05) is 22.7 Å². The highest BCUT2D eigenvalue weighted by atomic mass is 79.9. The van der Waals surface area contributed by atoms with Crippen molar-refractivity contribution < 1.29 is 4.74 Å². The molecule has 0 fully saturated rings. The maximum Gasteiger partial charge on any atom is 0.152 e. The summed E-state index contributed by atoms with van der Waals surface area (Å²) in [5, 5.41) is 3.92. The Bertz CT molecular complexity index is 606. The number of nitrogens with zero attached hydrogens (tertiary/aromatic N) is 1. The third-order valence-corrected chi connectivity index (χ3v) is 3.83. The van der Waals surface area contributed by atoms with Gasteiger partial charge in [0.2, 0.25) is 0 Å². The SMILES string of the molecule is Clc1ncc(Br)cc1NC1CCOc2ccccc21. The van der Waals surface area contributed by atoms with Gasteiger partial charge in [-0.3, -0.25) is 0 Å². The molecule has 0 spiro atoms. The van der Waals surface area contributed by atoms with Crippen LogP contribution in [0.25, 0.3) is 0 Å². The van der Waals surface area contributed by atoms with E-state index in [0.29, 0.717) is 11.8 Å². The summed E-state index contributed by atoms with van der Waals surface area (Å²) in [4.78, 5) is 4.12. The molecule has 5 heteroatoms. The molecular weight excluding hydrogens is 328 g/mol. The number of benzene rings is 1. The van der Waals surface area contributed by atoms with Crippen molar-refractivity contribution in [1.82, 2.24) is 4.98 Å². The van der Waals surface area contributed by atoms with Gasteiger partial charge in [-0.15, -0.1) is 0 Å². The Kier molecular flexibility index (Phi) is 3.62. The zero-order valence-corrected chi connectivity index (χ0v) is 12.4. The van der Waals surface area contributed by atoms with Gasteiger partial charge in [0.15, 0.2) is 5.15 Å². The van der Waals surface area contributed by atoms with Crippen LogP contribution in [0, 0.1) is 0 Å². The first kappa shape index (κ1) is 12.8. The minimum atomic E-state index is 0.193. The van der Waals surface area contributed by atoms with Gasteiger partial charge in [0.1, 0.15) is 5.75 Å². The van der Waals surface area contributed by atoms with E-state index in [2.05, 4.69) is 32.3 Å². The minimum Gasteiger partial charge on any atom is -0.493 e. The summed E-state index contributed by atoms with van der Waals surface area (Å²) in [6.45, 7) is 0.702. The fourth-order valence-corrected chi connectivity index (χ4v) is 2.69. The van der Waals surface area contributed by atoms with E-state index in [1.165, 1.54) is 0 Å². The molecule has 1 aromatic heterocycles. The van der Waals surface area contributed by atoms with Crippen molar-refractivity contribution in [3.8, 4) is 5.75 Å². The molecule has 0 aliphatic carbocycles. The first-order valence-corrected chi connectivity index (χ1v) is 7.20. The molecular formula is C14H12BrClN2O. The predicted molar refractivity (Wildman–Crippen MR) is 79.9 cm³/mol. The number of aromatic nitrogens is 1. The van der Waals surface area contributed by atoms with Crippen molar-refractivity contribution in [1.29, 1.82) is 0 Å². The number of hydrogen-bond acceptors (Lipinski definition) is 3. The summed E-state index contributed by atoms with van der Waals surface area (Å²) in [7, 11) is 0. The first-order chi connectivity index (χ1) is 9.24. The molecule has 19 heavy (non-hydrogen) atoms. The predicted octanol–water partition coefficient (Wildman–Crippen LogP) is 4.43. The van der Waals surface area contributed by atoms with Crippen LogP contribution in [0.3, 0.4) is 0 Å². The van der Waals surface area contributed by atoms with Gasteiger partial charge in [-0.25, -0.2) is 4.98 Å². The molecule has 1 aromatic carbocycles. The lowest BCUT2D eigenvalue weighted by molar-refractivity contribution is 0.274. The van der Waals surface area contributed by atoms with Crippen molar-refractivity contribution >= 4 is 33.2 Å². The van der Waals surface area contributed by atoms with Gasteiger partial charge < -0.3 is 10.1 Å². The normalized spacial score (nSPS) is 17.5. The second-order valence-corrected chi connectivity index (χ2v) is 5.64. The van der Waals surface area contributed by atoms with Crippen LogP contribution in [-0.2, 0) is 0 Å². The van der Waals surface area contributed by atoms with E-state index in [1.807, 2.05) is 24.3 Å². The number of rotatable bonds is 2. The van der Waals surface area contributed by atoms with Crippen molar-refractivity contribution in [3.63, 3.8) is 0 Å². The zero-order chi connectivity index (χ0) is 13.2. The topological polar surface area (TPSA) is 34.2 Å². The highest BCUT2D eigenvalue weighted by molar-refractivity contribution is 9.10.